The first-order chi connectivity index (χ1) is 11.6. The van der Waals surface area contributed by atoms with Gasteiger partial charge in [0.25, 0.3) is 0 Å². The Hall–Kier alpha value is -1.78. The molecule has 0 spiro atoms. The fourth-order valence-corrected chi connectivity index (χ4v) is 3.50. The van der Waals surface area contributed by atoms with E-state index in [1.54, 1.807) is 23.1 Å². The van der Waals surface area contributed by atoms with E-state index >= 15 is 0 Å². The van der Waals surface area contributed by atoms with Gasteiger partial charge in [0.2, 0.25) is 0 Å². The molecule has 1 N–H and O–H groups in total. The molecular weight excluding hydrogens is 332 g/mol. The van der Waals surface area contributed by atoms with Gasteiger partial charge in [-0.15, -0.1) is 11.3 Å². The Balaban J connectivity index is 1.69. The molecule has 2 aromatic rings. The van der Waals surface area contributed by atoms with Gasteiger partial charge in [-0.1, -0.05) is 54.7 Å². The van der Waals surface area contributed by atoms with Crippen molar-refractivity contribution in [2.45, 2.75) is 26.7 Å². The molecule has 0 aliphatic heterocycles. The molecule has 4 heteroatoms. The van der Waals surface area contributed by atoms with Crippen LogP contribution in [0.5, 0.6) is 0 Å². The molecule has 0 aliphatic carbocycles. The number of thiophene rings is 1. The molecule has 0 aliphatic rings. The maximum atomic E-state index is 4.52. The second-order valence-corrected chi connectivity index (χ2v) is 7.71. The van der Waals surface area contributed by atoms with E-state index in [0.29, 0.717) is 0 Å². The minimum absolute atomic E-state index is 0.929. The van der Waals surface area contributed by atoms with Crippen LogP contribution in [0.1, 0.15) is 30.7 Å². The van der Waals surface area contributed by atoms with E-state index in [0.717, 1.165) is 29.5 Å². The Morgan fingerprint density at radius 3 is 2.71 bits per heavy atom. The minimum Gasteiger partial charge on any atom is -0.380 e. The summed E-state index contributed by atoms with van der Waals surface area (Å²) in [6.45, 7) is 9.10. The van der Waals surface area contributed by atoms with Crippen molar-refractivity contribution in [1.29, 1.82) is 0 Å². The first-order valence-corrected chi connectivity index (χ1v) is 9.74. The molecule has 1 aromatic carbocycles. The van der Waals surface area contributed by atoms with Crippen LogP contribution in [-0.2, 0) is 6.42 Å². The smallest absolute Gasteiger partial charge is 0.0761 e. The van der Waals surface area contributed by atoms with Gasteiger partial charge in [-0.3, -0.25) is 4.99 Å². The summed E-state index contributed by atoms with van der Waals surface area (Å²) in [7, 11) is 0. The molecule has 2 rings (SSSR count). The van der Waals surface area contributed by atoms with Gasteiger partial charge < -0.3 is 5.32 Å². The van der Waals surface area contributed by atoms with Gasteiger partial charge >= 0.3 is 0 Å². The number of aryl methyl sites for hydroxylation is 1. The van der Waals surface area contributed by atoms with Crippen LogP contribution < -0.4 is 5.32 Å². The van der Waals surface area contributed by atoms with E-state index in [1.165, 1.54) is 16.0 Å². The Morgan fingerprint density at radius 1 is 1.21 bits per heavy atom. The topological polar surface area (TPSA) is 24.4 Å². The van der Waals surface area contributed by atoms with Crippen LogP contribution in [0.3, 0.4) is 0 Å². The molecule has 24 heavy (non-hydrogen) atoms. The molecule has 0 saturated heterocycles. The Labute approximate surface area is 153 Å². The van der Waals surface area contributed by atoms with Crippen molar-refractivity contribution in [3.63, 3.8) is 0 Å². The van der Waals surface area contributed by atoms with Crippen LogP contribution in [-0.4, -0.2) is 11.6 Å². The largest absolute Gasteiger partial charge is 0.380 e. The van der Waals surface area contributed by atoms with Gasteiger partial charge in [0.05, 0.1) is 10.1 Å². The molecule has 0 bridgehead atoms. The lowest BCUT2D eigenvalue weighted by Crippen LogP contribution is -2.13. The third-order valence-corrected chi connectivity index (χ3v) is 5.22. The van der Waals surface area contributed by atoms with Gasteiger partial charge in [0, 0.05) is 17.6 Å². The molecule has 1 aromatic heterocycles. The van der Waals surface area contributed by atoms with E-state index < -0.39 is 0 Å². The summed E-state index contributed by atoms with van der Waals surface area (Å²) in [6.07, 6.45) is 4.11. The highest BCUT2D eigenvalue weighted by atomic mass is 32.2. The summed E-state index contributed by atoms with van der Waals surface area (Å²) >= 11 is 3.32. The lowest BCUT2D eigenvalue weighted by molar-refractivity contribution is 0.747. The minimum atomic E-state index is 0.929. The molecule has 0 fully saturated rings. The van der Waals surface area contributed by atoms with Crippen LogP contribution in [0.2, 0.25) is 0 Å². The van der Waals surface area contributed by atoms with Crippen molar-refractivity contribution in [2.24, 2.45) is 4.99 Å². The fraction of sp³-hybridized carbons (Fsp3) is 0.250. The highest BCUT2D eigenvalue weighted by Crippen LogP contribution is 2.20. The van der Waals surface area contributed by atoms with Crippen LogP contribution in [0.4, 0.5) is 0 Å². The van der Waals surface area contributed by atoms with Gasteiger partial charge in [0.1, 0.15) is 0 Å². The number of allylic oxidation sites excluding steroid dienone is 1. The van der Waals surface area contributed by atoms with Gasteiger partial charge in [-0.25, -0.2) is 0 Å². The average Bonchev–Trinajstić information content (AvgIpc) is 3.12. The molecular formula is C20H24N2S2. The molecule has 1 heterocycles. The molecule has 0 unspecified atom stereocenters. The molecule has 2 nitrogen and oxygen atoms in total. The lowest BCUT2D eigenvalue weighted by Gasteiger charge is -2.08. The summed E-state index contributed by atoms with van der Waals surface area (Å²) in [5.74, 6) is 0. The highest BCUT2D eigenvalue weighted by Gasteiger charge is 1.99. The second kappa shape index (κ2) is 10.2. The molecule has 0 atom stereocenters. The van der Waals surface area contributed by atoms with Crippen molar-refractivity contribution in [2.75, 3.05) is 6.54 Å². The zero-order chi connectivity index (χ0) is 17.2. The van der Waals surface area contributed by atoms with E-state index in [4.69, 9.17) is 0 Å². The number of aliphatic imine (C=N–C) groups is 1. The van der Waals surface area contributed by atoms with Crippen molar-refractivity contribution >= 4 is 33.7 Å². The number of benzene rings is 1. The third-order valence-electron chi connectivity index (χ3n) is 3.43. The zero-order valence-electron chi connectivity index (χ0n) is 14.3. The van der Waals surface area contributed by atoms with Gasteiger partial charge in [-0.2, -0.15) is 0 Å². The summed E-state index contributed by atoms with van der Waals surface area (Å²) in [5.41, 5.74) is 2.57. The Morgan fingerprint density at radius 2 is 2.00 bits per heavy atom. The van der Waals surface area contributed by atoms with Gasteiger partial charge in [0.15, 0.2) is 0 Å². The maximum absolute atomic E-state index is 4.52. The molecule has 0 amide bonds. The predicted molar refractivity (Wildman–Crippen MR) is 111 cm³/mol. The predicted octanol–water partition coefficient (Wildman–Crippen LogP) is 5.95. The maximum Gasteiger partial charge on any atom is 0.0761 e. The van der Waals surface area contributed by atoms with E-state index in [2.05, 4.69) is 71.7 Å². The monoisotopic (exact) mass is 356 g/mol. The van der Waals surface area contributed by atoms with Crippen molar-refractivity contribution in [1.82, 2.24) is 5.32 Å². The van der Waals surface area contributed by atoms with Crippen LogP contribution >= 0.6 is 23.1 Å². The number of nitrogens with zero attached hydrogens (tertiary/aromatic N) is 1. The third kappa shape index (κ3) is 6.77. The second-order valence-electron chi connectivity index (χ2n) is 5.48. The molecule has 126 valence electrons. The number of hydrogen-bond donors (Lipinski definition) is 1. The first-order valence-electron chi connectivity index (χ1n) is 8.05. The average molecular weight is 357 g/mol. The Kier molecular flexibility index (Phi) is 7.86. The van der Waals surface area contributed by atoms with E-state index in [-0.39, 0.29) is 0 Å². The lowest BCUT2D eigenvalue weighted by atomic mass is 10.1. The van der Waals surface area contributed by atoms with Crippen molar-refractivity contribution in [3.05, 3.63) is 76.1 Å². The zero-order valence-corrected chi connectivity index (χ0v) is 15.9. The van der Waals surface area contributed by atoms with E-state index in [9.17, 15) is 0 Å². The SMILES string of the molecule is C=C(NCCCc1ccccc1)SC(C)=N/C=C(\C)c1cccs1. The summed E-state index contributed by atoms with van der Waals surface area (Å²) in [4.78, 5) is 5.78. The first kappa shape index (κ1) is 18.6. The van der Waals surface area contributed by atoms with E-state index in [1.807, 2.05) is 13.1 Å². The van der Waals surface area contributed by atoms with Crippen LogP contribution in [0.15, 0.2) is 70.6 Å². The fourth-order valence-electron chi connectivity index (χ4n) is 2.16. The normalized spacial score (nSPS) is 12.2. The number of rotatable bonds is 8. The summed E-state index contributed by atoms with van der Waals surface area (Å²) < 4.78 is 0. The van der Waals surface area contributed by atoms with Crippen LogP contribution in [0.25, 0.3) is 5.57 Å². The summed E-state index contributed by atoms with van der Waals surface area (Å²) in [5, 5.41) is 7.39. The quantitative estimate of drug-likeness (QED) is 0.359. The summed E-state index contributed by atoms with van der Waals surface area (Å²) in [6, 6.07) is 14.7. The standard InChI is InChI=1S/C20H24N2S2/c1-16(20-12-8-14-23-20)15-22-18(3)24-17(2)21-13-7-11-19-9-5-4-6-10-19/h4-6,8-10,12,14-15,21H,2,7,11,13H2,1,3H3/b16-15+,22-18?. The van der Waals surface area contributed by atoms with Crippen LogP contribution in [0, 0.1) is 0 Å². The molecule has 0 saturated carbocycles. The van der Waals surface area contributed by atoms with Gasteiger partial charge in [-0.05, 0) is 49.3 Å². The number of thioether (sulfide) groups is 1. The highest BCUT2D eigenvalue weighted by molar-refractivity contribution is 8.17. The van der Waals surface area contributed by atoms with Crippen molar-refractivity contribution in [3.8, 4) is 0 Å². The Bertz CT molecular complexity index is 686. The number of nitrogens with one attached hydrogen (secondary N) is 1. The molecule has 0 radical (unpaired) electrons. The van der Waals surface area contributed by atoms with Crippen molar-refractivity contribution < 1.29 is 0 Å². The number of hydrogen-bond acceptors (Lipinski definition) is 4.